The minimum absolute atomic E-state index is 0.708. The van der Waals surface area contributed by atoms with Crippen molar-refractivity contribution in [2.45, 2.75) is 24.9 Å². The number of halogens is 1. The Hall–Kier alpha value is -0.730. The third-order valence-corrected chi connectivity index (χ3v) is 3.75. The van der Waals surface area contributed by atoms with Gasteiger partial charge in [-0.25, -0.2) is 0 Å². The third-order valence-electron chi connectivity index (χ3n) is 3.50. The van der Waals surface area contributed by atoms with Crippen molar-refractivity contribution in [3.63, 3.8) is 0 Å². The van der Waals surface area contributed by atoms with E-state index in [4.69, 9.17) is 11.6 Å². The fourth-order valence-electron chi connectivity index (χ4n) is 2.63. The van der Waals surface area contributed by atoms with Gasteiger partial charge in [0.2, 0.25) is 0 Å². The Bertz CT molecular complexity index is 349. The number of benzene rings is 1. The van der Waals surface area contributed by atoms with Crippen molar-refractivity contribution in [1.29, 1.82) is 0 Å². The highest BCUT2D eigenvalue weighted by Gasteiger charge is 2.39. The molecule has 1 unspecified atom stereocenters. The van der Waals surface area contributed by atoms with Gasteiger partial charge in [0.05, 0.1) is 0 Å². The summed E-state index contributed by atoms with van der Waals surface area (Å²) in [5, 5.41) is 4.38. The summed E-state index contributed by atoms with van der Waals surface area (Å²) in [5.74, 6) is 0. The van der Waals surface area contributed by atoms with Gasteiger partial charge >= 0.3 is 0 Å². The smallest absolute Gasteiger partial charge is 0.0461 e. The Morgan fingerprint density at radius 2 is 2.07 bits per heavy atom. The minimum atomic E-state index is 0.708. The van der Waals surface area contributed by atoms with Crippen LogP contribution in [0.25, 0.3) is 0 Å². The number of anilines is 1. The van der Waals surface area contributed by atoms with Crippen LogP contribution in [0.2, 0.25) is 5.02 Å². The van der Waals surface area contributed by atoms with E-state index in [1.54, 1.807) is 0 Å². The highest BCUT2D eigenvalue weighted by atomic mass is 35.5. The highest BCUT2D eigenvalue weighted by Crippen LogP contribution is 2.31. The van der Waals surface area contributed by atoms with E-state index in [2.05, 4.69) is 22.3 Å². The van der Waals surface area contributed by atoms with E-state index >= 15 is 0 Å². The Kier molecular flexibility index (Phi) is 2.33. The van der Waals surface area contributed by atoms with Crippen LogP contribution in [0.15, 0.2) is 24.3 Å². The van der Waals surface area contributed by atoms with Crippen LogP contribution in [0.3, 0.4) is 0 Å². The van der Waals surface area contributed by atoms with E-state index in [1.807, 2.05) is 12.1 Å². The maximum atomic E-state index is 5.88. The zero-order chi connectivity index (χ0) is 10.3. The molecule has 0 spiro atoms. The molecule has 2 nitrogen and oxygen atoms in total. The summed E-state index contributed by atoms with van der Waals surface area (Å²) in [6, 6.07) is 9.61. The average Bonchev–Trinajstić information content (AvgIpc) is 2.23. The van der Waals surface area contributed by atoms with Gasteiger partial charge in [-0.1, -0.05) is 11.6 Å². The van der Waals surface area contributed by atoms with Crippen molar-refractivity contribution >= 4 is 17.3 Å². The number of rotatable bonds is 1. The van der Waals surface area contributed by atoms with Gasteiger partial charge in [0, 0.05) is 29.3 Å². The third kappa shape index (κ3) is 1.62. The van der Waals surface area contributed by atoms with Gasteiger partial charge in [-0.3, -0.25) is 0 Å². The van der Waals surface area contributed by atoms with Crippen LogP contribution >= 0.6 is 11.6 Å². The molecule has 2 aliphatic heterocycles. The van der Waals surface area contributed by atoms with Crippen molar-refractivity contribution in [1.82, 2.24) is 5.32 Å². The molecule has 1 aromatic rings. The summed E-state index contributed by atoms with van der Waals surface area (Å²) in [5.41, 5.74) is 1.31. The molecule has 2 fully saturated rings. The number of hydrogen-bond donors (Lipinski definition) is 1. The molecular formula is C12H15ClN2. The molecule has 2 saturated heterocycles. The van der Waals surface area contributed by atoms with Crippen molar-refractivity contribution in [2.24, 2.45) is 0 Å². The highest BCUT2D eigenvalue weighted by molar-refractivity contribution is 6.30. The lowest BCUT2D eigenvalue weighted by Crippen LogP contribution is -2.68. The number of nitrogens with one attached hydrogen (secondary N) is 1. The SMILES string of the molecule is Clc1ccc(N2C[C@H]3NCCCC32)cc1. The van der Waals surface area contributed by atoms with Crippen LogP contribution in [0.5, 0.6) is 0 Å². The van der Waals surface area contributed by atoms with E-state index in [9.17, 15) is 0 Å². The van der Waals surface area contributed by atoms with E-state index in [0.29, 0.717) is 6.04 Å². The number of nitrogens with zero attached hydrogens (tertiary/aromatic N) is 1. The molecule has 0 bridgehead atoms. The van der Waals surface area contributed by atoms with Gasteiger partial charge in [0.1, 0.15) is 0 Å². The predicted molar refractivity (Wildman–Crippen MR) is 63.6 cm³/mol. The Morgan fingerprint density at radius 1 is 1.27 bits per heavy atom. The van der Waals surface area contributed by atoms with Gasteiger partial charge in [0.25, 0.3) is 0 Å². The second kappa shape index (κ2) is 3.69. The van der Waals surface area contributed by atoms with Crippen molar-refractivity contribution in [3.8, 4) is 0 Å². The Morgan fingerprint density at radius 3 is 2.80 bits per heavy atom. The lowest BCUT2D eigenvalue weighted by Gasteiger charge is -2.52. The number of hydrogen-bond acceptors (Lipinski definition) is 2. The first-order chi connectivity index (χ1) is 7.34. The van der Waals surface area contributed by atoms with E-state index in [0.717, 1.165) is 17.6 Å². The molecule has 0 amide bonds. The first-order valence-corrected chi connectivity index (χ1v) is 5.98. The van der Waals surface area contributed by atoms with Crippen molar-refractivity contribution in [2.75, 3.05) is 18.0 Å². The van der Waals surface area contributed by atoms with Crippen molar-refractivity contribution < 1.29 is 0 Å². The zero-order valence-corrected chi connectivity index (χ0v) is 9.37. The second-order valence-electron chi connectivity index (χ2n) is 4.40. The molecule has 2 aliphatic rings. The molecule has 0 saturated carbocycles. The number of fused-ring (bicyclic) bond motifs is 1. The molecule has 3 rings (SSSR count). The maximum absolute atomic E-state index is 5.88. The Balaban J connectivity index is 1.76. The van der Waals surface area contributed by atoms with E-state index in [-0.39, 0.29) is 0 Å². The standard InChI is InChI=1S/C12H15ClN2/c13-9-3-5-10(6-4-9)15-8-11-12(15)2-1-7-14-11/h3-6,11-12,14H,1-2,7-8H2/t11-,12?/m1/s1. The van der Waals surface area contributed by atoms with Crippen LogP contribution in [0, 0.1) is 0 Å². The maximum Gasteiger partial charge on any atom is 0.0461 e. The molecule has 2 atom stereocenters. The first kappa shape index (κ1) is 9.49. The quantitative estimate of drug-likeness (QED) is 0.785. The van der Waals surface area contributed by atoms with Crippen LogP contribution in [-0.4, -0.2) is 25.2 Å². The molecule has 1 N–H and O–H groups in total. The lowest BCUT2D eigenvalue weighted by atomic mass is 9.88. The summed E-state index contributed by atoms with van der Waals surface area (Å²) in [7, 11) is 0. The molecule has 0 aliphatic carbocycles. The van der Waals surface area contributed by atoms with Crippen LogP contribution < -0.4 is 10.2 Å². The summed E-state index contributed by atoms with van der Waals surface area (Å²) in [4.78, 5) is 2.48. The molecule has 3 heteroatoms. The zero-order valence-electron chi connectivity index (χ0n) is 8.62. The largest absolute Gasteiger partial charge is 0.365 e. The average molecular weight is 223 g/mol. The fourth-order valence-corrected chi connectivity index (χ4v) is 2.76. The van der Waals surface area contributed by atoms with E-state index in [1.165, 1.54) is 25.1 Å². The molecule has 15 heavy (non-hydrogen) atoms. The topological polar surface area (TPSA) is 15.3 Å². The normalized spacial score (nSPS) is 29.5. The lowest BCUT2D eigenvalue weighted by molar-refractivity contribution is 0.258. The molecule has 80 valence electrons. The van der Waals surface area contributed by atoms with Gasteiger partial charge in [-0.2, -0.15) is 0 Å². The van der Waals surface area contributed by atoms with Gasteiger partial charge in [-0.15, -0.1) is 0 Å². The first-order valence-electron chi connectivity index (χ1n) is 5.60. The van der Waals surface area contributed by atoms with Crippen LogP contribution in [-0.2, 0) is 0 Å². The second-order valence-corrected chi connectivity index (χ2v) is 4.84. The van der Waals surface area contributed by atoms with E-state index < -0.39 is 0 Å². The fraction of sp³-hybridized carbons (Fsp3) is 0.500. The summed E-state index contributed by atoms with van der Waals surface area (Å²) >= 11 is 5.88. The van der Waals surface area contributed by atoms with Crippen molar-refractivity contribution in [3.05, 3.63) is 29.3 Å². The van der Waals surface area contributed by atoms with Gasteiger partial charge in [-0.05, 0) is 43.7 Å². The summed E-state index contributed by atoms with van der Waals surface area (Å²) in [6.45, 7) is 2.34. The Labute approximate surface area is 95.2 Å². The molecule has 0 radical (unpaired) electrons. The van der Waals surface area contributed by atoms with Gasteiger partial charge < -0.3 is 10.2 Å². The minimum Gasteiger partial charge on any atom is -0.365 e. The molecule has 0 aromatic heterocycles. The number of piperidine rings is 1. The monoisotopic (exact) mass is 222 g/mol. The summed E-state index contributed by atoms with van der Waals surface area (Å²) < 4.78 is 0. The molecule has 2 heterocycles. The van der Waals surface area contributed by atoms with Crippen LogP contribution in [0.1, 0.15) is 12.8 Å². The predicted octanol–water partition coefficient (Wildman–Crippen LogP) is 2.28. The van der Waals surface area contributed by atoms with Gasteiger partial charge in [0.15, 0.2) is 0 Å². The molecule has 1 aromatic carbocycles. The van der Waals surface area contributed by atoms with Crippen LogP contribution in [0.4, 0.5) is 5.69 Å². The summed E-state index contributed by atoms with van der Waals surface area (Å²) in [6.07, 6.45) is 2.62. The molecular weight excluding hydrogens is 208 g/mol.